The molecule has 0 aromatic heterocycles. The van der Waals surface area contributed by atoms with Crippen LogP contribution in [0.5, 0.6) is 0 Å². The highest BCUT2D eigenvalue weighted by Crippen LogP contribution is 2.00. The number of carbonyl (C=O) groups is 1. The number of unbranched alkanes of at least 4 members (excludes halogenated alkanes) is 3. The van der Waals surface area contributed by atoms with Crippen molar-refractivity contribution in [3.8, 4) is 0 Å². The molecule has 4 nitrogen and oxygen atoms in total. The van der Waals surface area contributed by atoms with Crippen LogP contribution in [-0.4, -0.2) is 30.5 Å². The number of esters is 1. The third-order valence-corrected chi connectivity index (χ3v) is 2.18. The predicted molar refractivity (Wildman–Crippen MR) is 63.9 cm³/mol. The molecule has 0 bridgehead atoms. The monoisotopic (exact) mass is 229 g/mol. The summed E-state index contributed by atoms with van der Waals surface area (Å²) in [7, 11) is 0. The van der Waals surface area contributed by atoms with Crippen molar-refractivity contribution in [1.82, 2.24) is 5.32 Å². The molecule has 1 atom stereocenters. The highest BCUT2D eigenvalue weighted by atomic mass is 16.5. The molecule has 16 heavy (non-hydrogen) atoms. The molecule has 0 saturated carbocycles. The SMILES string of the molecule is C=C(C)C(O)NCCCCCCOC(C)=O. The van der Waals surface area contributed by atoms with Crippen molar-refractivity contribution in [2.75, 3.05) is 13.2 Å². The molecule has 0 radical (unpaired) electrons. The van der Waals surface area contributed by atoms with Gasteiger partial charge >= 0.3 is 5.97 Å². The second kappa shape index (κ2) is 9.36. The Bertz CT molecular complexity index is 216. The van der Waals surface area contributed by atoms with Gasteiger partial charge in [-0.2, -0.15) is 0 Å². The summed E-state index contributed by atoms with van der Waals surface area (Å²) in [5.41, 5.74) is 0.731. The molecule has 0 aromatic rings. The van der Waals surface area contributed by atoms with E-state index in [-0.39, 0.29) is 5.97 Å². The Morgan fingerprint density at radius 2 is 1.94 bits per heavy atom. The predicted octanol–water partition coefficient (Wildman–Crippen LogP) is 1.59. The molecule has 4 heteroatoms. The molecule has 0 aliphatic carbocycles. The van der Waals surface area contributed by atoms with Crippen molar-refractivity contribution >= 4 is 5.97 Å². The van der Waals surface area contributed by atoms with Crippen molar-refractivity contribution < 1.29 is 14.6 Å². The maximum absolute atomic E-state index is 10.4. The van der Waals surface area contributed by atoms with Gasteiger partial charge in [0.2, 0.25) is 0 Å². The number of nitrogens with one attached hydrogen (secondary N) is 1. The zero-order valence-electron chi connectivity index (χ0n) is 10.3. The summed E-state index contributed by atoms with van der Waals surface area (Å²) in [5.74, 6) is -0.216. The van der Waals surface area contributed by atoms with Gasteiger partial charge in [-0.15, -0.1) is 0 Å². The highest BCUT2D eigenvalue weighted by molar-refractivity contribution is 5.65. The second-order valence-corrected chi connectivity index (χ2v) is 3.96. The van der Waals surface area contributed by atoms with Crippen LogP contribution in [0.3, 0.4) is 0 Å². The summed E-state index contributed by atoms with van der Waals surface area (Å²) >= 11 is 0. The first kappa shape index (κ1) is 15.1. The minimum Gasteiger partial charge on any atom is -0.466 e. The molecule has 0 spiro atoms. The molecule has 94 valence electrons. The lowest BCUT2D eigenvalue weighted by atomic mass is 10.2. The van der Waals surface area contributed by atoms with Crippen LogP contribution in [0.1, 0.15) is 39.5 Å². The summed E-state index contributed by atoms with van der Waals surface area (Å²) in [5, 5.41) is 12.3. The first-order chi connectivity index (χ1) is 7.54. The fourth-order valence-corrected chi connectivity index (χ4v) is 1.21. The maximum Gasteiger partial charge on any atom is 0.302 e. The Morgan fingerprint density at radius 1 is 1.31 bits per heavy atom. The van der Waals surface area contributed by atoms with Crippen LogP contribution in [0.25, 0.3) is 0 Å². The molecule has 0 rings (SSSR count). The normalized spacial score (nSPS) is 12.2. The van der Waals surface area contributed by atoms with Gasteiger partial charge in [-0.05, 0) is 31.9 Å². The molecule has 0 aromatic carbocycles. The van der Waals surface area contributed by atoms with Crippen LogP contribution in [0.4, 0.5) is 0 Å². The average Bonchev–Trinajstić information content (AvgIpc) is 2.21. The minimum absolute atomic E-state index is 0.216. The van der Waals surface area contributed by atoms with Crippen molar-refractivity contribution in [3.63, 3.8) is 0 Å². The zero-order chi connectivity index (χ0) is 12.4. The molecular formula is C12H23NO3. The Morgan fingerprint density at radius 3 is 2.50 bits per heavy atom. The average molecular weight is 229 g/mol. The van der Waals surface area contributed by atoms with Gasteiger partial charge in [-0.3, -0.25) is 10.1 Å². The van der Waals surface area contributed by atoms with E-state index < -0.39 is 6.23 Å². The Hall–Kier alpha value is -0.870. The van der Waals surface area contributed by atoms with Crippen molar-refractivity contribution in [2.45, 2.75) is 45.8 Å². The topological polar surface area (TPSA) is 58.6 Å². The first-order valence-electron chi connectivity index (χ1n) is 5.74. The van der Waals surface area contributed by atoms with E-state index in [1.54, 1.807) is 6.92 Å². The maximum atomic E-state index is 10.4. The fourth-order valence-electron chi connectivity index (χ4n) is 1.21. The van der Waals surface area contributed by atoms with E-state index in [2.05, 4.69) is 11.9 Å². The standard InChI is InChI=1S/C12H23NO3/c1-10(2)12(15)13-8-6-4-5-7-9-16-11(3)14/h12-13,15H,1,4-9H2,2-3H3. The molecule has 1 unspecified atom stereocenters. The zero-order valence-corrected chi connectivity index (χ0v) is 10.3. The van der Waals surface area contributed by atoms with Crippen LogP contribution in [0.2, 0.25) is 0 Å². The van der Waals surface area contributed by atoms with Gasteiger partial charge in [0.25, 0.3) is 0 Å². The van der Waals surface area contributed by atoms with Crippen LogP contribution < -0.4 is 5.32 Å². The van der Waals surface area contributed by atoms with Crippen molar-refractivity contribution in [1.29, 1.82) is 0 Å². The highest BCUT2D eigenvalue weighted by Gasteiger charge is 2.01. The smallest absolute Gasteiger partial charge is 0.302 e. The van der Waals surface area contributed by atoms with Crippen LogP contribution in [0, 0.1) is 0 Å². The van der Waals surface area contributed by atoms with E-state index in [0.717, 1.165) is 37.8 Å². The third kappa shape index (κ3) is 9.68. The van der Waals surface area contributed by atoms with E-state index in [4.69, 9.17) is 4.74 Å². The molecule has 0 aliphatic rings. The van der Waals surface area contributed by atoms with Crippen molar-refractivity contribution in [2.24, 2.45) is 0 Å². The Labute approximate surface area is 97.7 Å². The molecule has 0 amide bonds. The summed E-state index contributed by atoms with van der Waals surface area (Å²) in [6, 6.07) is 0. The lowest BCUT2D eigenvalue weighted by Gasteiger charge is -2.11. The van der Waals surface area contributed by atoms with Gasteiger partial charge in [0.1, 0.15) is 6.23 Å². The molecule has 2 N–H and O–H groups in total. The third-order valence-electron chi connectivity index (χ3n) is 2.18. The minimum atomic E-state index is -0.596. The molecule has 0 aliphatic heterocycles. The largest absolute Gasteiger partial charge is 0.466 e. The number of hydrogen-bond donors (Lipinski definition) is 2. The summed E-state index contributed by atoms with van der Waals surface area (Å²) in [6.07, 6.45) is 3.42. The van der Waals surface area contributed by atoms with Gasteiger partial charge in [-0.1, -0.05) is 19.4 Å². The van der Waals surface area contributed by atoms with Crippen molar-refractivity contribution in [3.05, 3.63) is 12.2 Å². The number of rotatable bonds is 9. The summed E-state index contributed by atoms with van der Waals surface area (Å²) in [6.45, 7) is 8.15. The van der Waals surface area contributed by atoms with Gasteiger partial charge in [0.15, 0.2) is 0 Å². The number of hydrogen-bond acceptors (Lipinski definition) is 4. The molecule has 0 fully saturated rings. The number of aliphatic hydroxyl groups excluding tert-OH is 1. The van der Waals surface area contributed by atoms with Crippen LogP contribution in [-0.2, 0) is 9.53 Å². The second-order valence-electron chi connectivity index (χ2n) is 3.96. The number of carbonyl (C=O) groups excluding carboxylic acids is 1. The van der Waals surface area contributed by atoms with Gasteiger partial charge in [0, 0.05) is 6.92 Å². The molecule has 0 saturated heterocycles. The lowest BCUT2D eigenvalue weighted by molar-refractivity contribution is -0.141. The van der Waals surface area contributed by atoms with E-state index in [0.29, 0.717) is 6.61 Å². The number of aliphatic hydroxyl groups is 1. The fraction of sp³-hybridized carbons (Fsp3) is 0.750. The summed E-state index contributed by atoms with van der Waals surface area (Å²) < 4.78 is 4.81. The lowest BCUT2D eigenvalue weighted by Crippen LogP contribution is -2.30. The van der Waals surface area contributed by atoms with E-state index in [1.807, 2.05) is 0 Å². The van der Waals surface area contributed by atoms with E-state index in [1.165, 1.54) is 6.92 Å². The number of ether oxygens (including phenoxy) is 1. The van der Waals surface area contributed by atoms with Gasteiger partial charge < -0.3 is 9.84 Å². The van der Waals surface area contributed by atoms with E-state index in [9.17, 15) is 9.90 Å². The quantitative estimate of drug-likeness (QED) is 0.273. The van der Waals surface area contributed by atoms with Gasteiger partial charge in [0.05, 0.1) is 6.61 Å². The van der Waals surface area contributed by atoms with E-state index >= 15 is 0 Å². The Kier molecular flexibility index (Phi) is 8.85. The van der Waals surface area contributed by atoms with Crippen LogP contribution in [0.15, 0.2) is 12.2 Å². The van der Waals surface area contributed by atoms with Gasteiger partial charge in [-0.25, -0.2) is 0 Å². The van der Waals surface area contributed by atoms with Crippen LogP contribution >= 0.6 is 0 Å². The summed E-state index contributed by atoms with van der Waals surface area (Å²) in [4.78, 5) is 10.4. The Balaban J connectivity index is 3.15. The first-order valence-corrected chi connectivity index (χ1v) is 5.74. The molecule has 0 heterocycles. The molecular weight excluding hydrogens is 206 g/mol.